The van der Waals surface area contributed by atoms with Gasteiger partial charge < -0.3 is 4.90 Å². The number of hydrogen-bond donors (Lipinski definition) is 0. The van der Waals surface area contributed by atoms with Crippen molar-refractivity contribution in [1.82, 2.24) is 4.90 Å². The van der Waals surface area contributed by atoms with Crippen molar-refractivity contribution in [2.24, 2.45) is 11.8 Å². The van der Waals surface area contributed by atoms with Crippen LogP contribution in [-0.2, 0) is 4.79 Å². The van der Waals surface area contributed by atoms with Crippen molar-refractivity contribution < 1.29 is 9.18 Å². The first-order valence-electron chi connectivity index (χ1n) is 5.30. The van der Waals surface area contributed by atoms with Crippen LogP contribution in [0.3, 0.4) is 0 Å². The van der Waals surface area contributed by atoms with Gasteiger partial charge in [-0.15, -0.1) is 0 Å². The van der Waals surface area contributed by atoms with Crippen LogP contribution in [0.15, 0.2) is 0 Å². The molecule has 2 atom stereocenters. The number of hydrogen-bond acceptors (Lipinski definition) is 1. The first kappa shape index (κ1) is 11.5. The Kier molecular flexibility index (Phi) is 3.17. The smallest absolute Gasteiger partial charge is 0.259 e. The predicted octanol–water partition coefficient (Wildman–Crippen LogP) is 2.24. The maximum Gasteiger partial charge on any atom is 0.259 e. The zero-order valence-corrected chi connectivity index (χ0v) is 9.51. The number of halogens is 1. The highest BCUT2D eigenvalue weighted by atomic mass is 19.1. The average Bonchev–Trinajstić information content (AvgIpc) is 2.07. The SMILES string of the molecule is CC1CCN(C(=O)C(C)(C)F)CC1C. The number of piperidine rings is 1. The number of nitrogens with zero attached hydrogens (tertiary/aromatic N) is 1. The van der Waals surface area contributed by atoms with Gasteiger partial charge in [-0.25, -0.2) is 4.39 Å². The minimum absolute atomic E-state index is 0.365. The summed E-state index contributed by atoms with van der Waals surface area (Å²) in [6, 6.07) is 0. The van der Waals surface area contributed by atoms with Crippen LogP contribution in [0, 0.1) is 11.8 Å². The van der Waals surface area contributed by atoms with Crippen LogP contribution in [0.5, 0.6) is 0 Å². The molecule has 82 valence electrons. The van der Waals surface area contributed by atoms with E-state index < -0.39 is 5.67 Å². The lowest BCUT2D eigenvalue weighted by molar-refractivity contribution is -0.144. The van der Waals surface area contributed by atoms with Gasteiger partial charge in [0.1, 0.15) is 0 Å². The van der Waals surface area contributed by atoms with Crippen LogP contribution in [0.1, 0.15) is 34.1 Å². The molecule has 1 amide bonds. The van der Waals surface area contributed by atoms with Crippen LogP contribution in [-0.4, -0.2) is 29.6 Å². The molecule has 1 aliphatic heterocycles. The van der Waals surface area contributed by atoms with E-state index in [4.69, 9.17) is 0 Å². The first-order chi connectivity index (χ1) is 6.32. The van der Waals surface area contributed by atoms with E-state index in [2.05, 4.69) is 13.8 Å². The van der Waals surface area contributed by atoms with Crippen molar-refractivity contribution >= 4 is 5.91 Å². The fourth-order valence-corrected chi connectivity index (χ4v) is 1.82. The molecular weight excluding hydrogens is 181 g/mol. The van der Waals surface area contributed by atoms with Crippen molar-refractivity contribution in [1.29, 1.82) is 0 Å². The summed E-state index contributed by atoms with van der Waals surface area (Å²) in [5.74, 6) is 0.757. The Morgan fingerprint density at radius 3 is 2.36 bits per heavy atom. The zero-order valence-electron chi connectivity index (χ0n) is 9.51. The summed E-state index contributed by atoms with van der Waals surface area (Å²) < 4.78 is 13.4. The fraction of sp³-hybridized carbons (Fsp3) is 0.909. The summed E-state index contributed by atoms with van der Waals surface area (Å²) in [7, 11) is 0. The van der Waals surface area contributed by atoms with Gasteiger partial charge in [-0.1, -0.05) is 13.8 Å². The van der Waals surface area contributed by atoms with E-state index in [1.54, 1.807) is 4.90 Å². The number of carbonyl (C=O) groups excluding carboxylic acids is 1. The molecule has 3 heteroatoms. The standard InChI is InChI=1S/C11H20FNO/c1-8-5-6-13(7-9(8)2)10(14)11(3,4)12/h8-9H,5-7H2,1-4H3. The van der Waals surface area contributed by atoms with Crippen molar-refractivity contribution in [3.05, 3.63) is 0 Å². The minimum atomic E-state index is -1.72. The lowest BCUT2D eigenvalue weighted by Gasteiger charge is -2.37. The van der Waals surface area contributed by atoms with E-state index in [1.165, 1.54) is 13.8 Å². The quantitative estimate of drug-likeness (QED) is 0.637. The molecule has 14 heavy (non-hydrogen) atoms. The predicted molar refractivity (Wildman–Crippen MR) is 54.7 cm³/mol. The van der Waals surface area contributed by atoms with E-state index in [-0.39, 0.29) is 5.91 Å². The molecule has 0 aromatic rings. The molecule has 0 aromatic carbocycles. The molecule has 0 saturated carbocycles. The summed E-state index contributed by atoms with van der Waals surface area (Å²) in [6.45, 7) is 8.38. The molecule has 1 aliphatic rings. The third-order valence-electron chi connectivity index (χ3n) is 3.13. The largest absolute Gasteiger partial charge is 0.340 e. The Morgan fingerprint density at radius 2 is 1.93 bits per heavy atom. The Hall–Kier alpha value is -0.600. The highest BCUT2D eigenvalue weighted by Gasteiger charge is 2.34. The number of likely N-dealkylation sites (tertiary alicyclic amines) is 1. The van der Waals surface area contributed by atoms with Crippen LogP contribution in [0.25, 0.3) is 0 Å². The number of rotatable bonds is 1. The molecule has 1 rings (SSSR count). The molecule has 1 saturated heterocycles. The van der Waals surface area contributed by atoms with Gasteiger partial charge in [0, 0.05) is 13.1 Å². The van der Waals surface area contributed by atoms with Gasteiger partial charge in [0.15, 0.2) is 5.67 Å². The highest BCUT2D eigenvalue weighted by Crippen LogP contribution is 2.25. The Morgan fingerprint density at radius 1 is 1.36 bits per heavy atom. The summed E-state index contributed by atoms with van der Waals surface area (Å²) in [5, 5.41) is 0. The minimum Gasteiger partial charge on any atom is -0.340 e. The van der Waals surface area contributed by atoms with Crippen LogP contribution in [0.4, 0.5) is 4.39 Å². The second-order valence-corrected chi connectivity index (χ2v) is 4.97. The second-order valence-electron chi connectivity index (χ2n) is 4.97. The van der Waals surface area contributed by atoms with E-state index >= 15 is 0 Å². The van der Waals surface area contributed by atoms with Crippen molar-refractivity contribution in [3.8, 4) is 0 Å². The summed E-state index contributed by atoms with van der Waals surface area (Å²) >= 11 is 0. The van der Waals surface area contributed by atoms with Gasteiger partial charge in [0.05, 0.1) is 0 Å². The lowest BCUT2D eigenvalue weighted by atomic mass is 9.88. The molecule has 0 aliphatic carbocycles. The van der Waals surface area contributed by atoms with Gasteiger partial charge >= 0.3 is 0 Å². The molecule has 0 aromatic heterocycles. The Labute approximate surface area is 85.5 Å². The van der Waals surface area contributed by atoms with Crippen LogP contribution >= 0.6 is 0 Å². The van der Waals surface area contributed by atoms with Gasteiger partial charge in [0.2, 0.25) is 0 Å². The summed E-state index contributed by atoms with van der Waals surface area (Å²) in [4.78, 5) is 13.3. The van der Waals surface area contributed by atoms with Crippen molar-refractivity contribution in [3.63, 3.8) is 0 Å². The van der Waals surface area contributed by atoms with E-state index in [1.807, 2.05) is 0 Å². The zero-order chi connectivity index (χ0) is 10.9. The molecule has 2 unspecified atom stereocenters. The van der Waals surface area contributed by atoms with Gasteiger partial charge in [-0.3, -0.25) is 4.79 Å². The summed E-state index contributed by atoms with van der Waals surface area (Å²) in [6.07, 6.45) is 0.989. The normalized spacial score (nSPS) is 29.1. The number of carbonyl (C=O) groups is 1. The highest BCUT2D eigenvalue weighted by molar-refractivity contribution is 5.84. The molecule has 0 spiro atoms. The lowest BCUT2D eigenvalue weighted by Crippen LogP contribution is -2.48. The Bertz CT molecular complexity index is 222. The van der Waals surface area contributed by atoms with Gasteiger partial charge in [-0.05, 0) is 32.1 Å². The van der Waals surface area contributed by atoms with E-state index in [0.717, 1.165) is 6.42 Å². The third-order valence-corrected chi connectivity index (χ3v) is 3.13. The molecule has 1 heterocycles. The number of alkyl halides is 1. The summed E-state index contributed by atoms with van der Waals surface area (Å²) in [5.41, 5.74) is -1.72. The second kappa shape index (κ2) is 3.87. The van der Waals surface area contributed by atoms with E-state index in [9.17, 15) is 9.18 Å². The molecule has 0 radical (unpaired) electrons. The molecular formula is C11H20FNO. The van der Waals surface area contributed by atoms with Crippen LogP contribution < -0.4 is 0 Å². The first-order valence-corrected chi connectivity index (χ1v) is 5.30. The molecule has 0 N–H and O–H groups in total. The van der Waals surface area contributed by atoms with Gasteiger partial charge in [-0.2, -0.15) is 0 Å². The van der Waals surface area contributed by atoms with Crippen molar-refractivity contribution in [2.75, 3.05) is 13.1 Å². The average molecular weight is 201 g/mol. The van der Waals surface area contributed by atoms with Gasteiger partial charge in [0.25, 0.3) is 5.91 Å². The Balaban J connectivity index is 2.59. The number of amides is 1. The molecule has 2 nitrogen and oxygen atoms in total. The monoisotopic (exact) mass is 201 g/mol. The fourth-order valence-electron chi connectivity index (χ4n) is 1.82. The van der Waals surface area contributed by atoms with E-state index in [0.29, 0.717) is 24.9 Å². The third kappa shape index (κ3) is 2.46. The topological polar surface area (TPSA) is 20.3 Å². The van der Waals surface area contributed by atoms with Crippen molar-refractivity contribution in [2.45, 2.75) is 39.8 Å². The maximum atomic E-state index is 13.4. The molecule has 0 bridgehead atoms. The maximum absolute atomic E-state index is 13.4. The molecule has 1 fully saturated rings. The van der Waals surface area contributed by atoms with Crippen LogP contribution in [0.2, 0.25) is 0 Å².